The van der Waals surface area contributed by atoms with Gasteiger partial charge in [0.25, 0.3) is 0 Å². The molecule has 6 nitrogen and oxygen atoms in total. The largest absolute Gasteiger partial charge is 0.494 e. The molecule has 146 valence electrons. The van der Waals surface area contributed by atoms with Crippen LogP contribution in [0.2, 0.25) is 0 Å². The molecule has 1 N–H and O–H groups in total. The van der Waals surface area contributed by atoms with Crippen molar-refractivity contribution >= 4 is 11.7 Å². The summed E-state index contributed by atoms with van der Waals surface area (Å²) in [6.07, 6.45) is 3.00. The van der Waals surface area contributed by atoms with Crippen LogP contribution in [0.4, 0.5) is 10.2 Å². The van der Waals surface area contributed by atoms with Crippen molar-refractivity contribution in [2.24, 2.45) is 5.92 Å². The number of anilines is 1. The van der Waals surface area contributed by atoms with Gasteiger partial charge < -0.3 is 15.0 Å². The highest BCUT2D eigenvalue weighted by Crippen LogP contribution is 2.25. The second-order valence-electron chi connectivity index (χ2n) is 6.90. The maximum Gasteiger partial charge on any atom is 0.223 e. The molecular weight excluding hydrogens is 359 g/mol. The standard InChI is InChI=1S/C21H23FN4O2/c1-14(17-4-5-19(28-2)18(22)11-17)25-21(27)16-7-9-26(10-8-16)20-6-3-15(12-23)13-24-20/h3-6,11,13-14,16H,7-10H2,1-2H3,(H,25,27)/t14-/m0/s1. The Hall–Kier alpha value is -3.14. The molecule has 1 aliphatic rings. The predicted molar refractivity (Wildman–Crippen MR) is 103 cm³/mol. The van der Waals surface area contributed by atoms with Crippen molar-refractivity contribution in [3.8, 4) is 11.8 Å². The number of benzene rings is 1. The van der Waals surface area contributed by atoms with Crippen molar-refractivity contribution in [2.45, 2.75) is 25.8 Å². The van der Waals surface area contributed by atoms with Crippen LogP contribution in [-0.2, 0) is 4.79 Å². The molecule has 1 saturated heterocycles. The van der Waals surface area contributed by atoms with E-state index in [-0.39, 0.29) is 23.6 Å². The lowest BCUT2D eigenvalue weighted by Gasteiger charge is -2.32. The van der Waals surface area contributed by atoms with Gasteiger partial charge in [0.1, 0.15) is 11.9 Å². The number of nitrogens with one attached hydrogen (secondary N) is 1. The fourth-order valence-electron chi connectivity index (χ4n) is 3.38. The number of rotatable bonds is 5. The number of nitrogens with zero attached hydrogens (tertiary/aromatic N) is 3. The molecule has 0 radical (unpaired) electrons. The Balaban J connectivity index is 1.54. The molecule has 7 heteroatoms. The second-order valence-corrected chi connectivity index (χ2v) is 6.90. The Bertz CT molecular complexity index is 871. The van der Waals surface area contributed by atoms with Gasteiger partial charge in [-0.05, 0) is 49.6 Å². The van der Waals surface area contributed by atoms with Gasteiger partial charge in [-0.3, -0.25) is 4.79 Å². The maximum absolute atomic E-state index is 13.9. The highest BCUT2D eigenvalue weighted by molar-refractivity contribution is 5.79. The Morgan fingerprint density at radius 2 is 2.11 bits per heavy atom. The van der Waals surface area contributed by atoms with E-state index < -0.39 is 5.82 Å². The number of pyridine rings is 1. The lowest BCUT2D eigenvalue weighted by Crippen LogP contribution is -2.41. The number of piperidine rings is 1. The number of nitriles is 1. The van der Waals surface area contributed by atoms with E-state index in [0.29, 0.717) is 11.1 Å². The van der Waals surface area contributed by atoms with Crippen molar-refractivity contribution in [2.75, 3.05) is 25.1 Å². The number of methoxy groups -OCH3 is 1. The Kier molecular flexibility index (Phi) is 6.09. The highest BCUT2D eigenvalue weighted by atomic mass is 19.1. The minimum atomic E-state index is -0.440. The molecule has 1 aliphatic heterocycles. The molecule has 0 aliphatic carbocycles. The van der Waals surface area contributed by atoms with E-state index in [0.717, 1.165) is 31.7 Å². The monoisotopic (exact) mass is 382 g/mol. The lowest BCUT2D eigenvalue weighted by atomic mass is 9.95. The molecule has 0 unspecified atom stereocenters. The average molecular weight is 382 g/mol. The number of ether oxygens (including phenoxy) is 1. The molecule has 2 aromatic rings. The van der Waals surface area contributed by atoms with E-state index in [1.807, 2.05) is 13.0 Å². The number of carbonyl (C=O) groups is 1. The number of carbonyl (C=O) groups excluding carboxylic acids is 1. The molecule has 2 heterocycles. The number of hydrogen-bond acceptors (Lipinski definition) is 5. The summed E-state index contributed by atoms with van der Waals surface area (Å²) < 4.78 is 18.8. The molecule has 0 bridgehead atoms. The minimum Gasteiger partial charge on any atom is -0.494 e. The normalized spacial score (nSPS) is 15.6. The summed E-state index contributed by atoms with van der Waals surface area (Å²) in [5, 5.41) is 11.8. The molecule has 0 spiro atoms. The van der Waals surface area contributed by atoms with Crippen molar-refractivity contribution in [1.29, 1.82) is 5.26 Å². The van der Waals surface area contributed by atoms with Crippen LogP contribution >= 0.6 is 0 Å². The zero-order valence-corrected chi connectivity index (χ0v) is 16.0. The van der Waals surface area contributed by atoms with Crippen LogP contribution in [0.15, 0.2) is 36.5 Å². The summed E-state index contributed by atoms with van der Waals surface area (Å²) in [4.78, 5) is 19.0. The molecule has 28 heavy (non-hydrogen) atoms. The van der Waals surface area contributed by atoms with Crippen LogP contribution in [0.5, 0.6) is 5.75 Å². The molecule has 1 atom stereocenters. The van der Waals surface area contributed by atoms with Crippen LogP contribution < -0.4 is 15.0 Å². The fourth-order valence-corrected chi connectivity index (χ4v) is 3.38. The zero-order chi connectivity index (χ0) is 20.1. The molecule has 1 fully saturated rings. The quantitative estimate of drug-likeness (QED) is 0.859. The average Bonchev–Trinajstić information content (AvgIpc) is 2.73. The minimum absolute atomic E-state index is 0.0174. The third kappa shape index (κ3) is 4.39. The predicted octanol–water partition coefficient (Wildman–Crippen LogP) is 3.19. The number of aromatic nitrogens is 1. The van der Waals surface area contributed by atoms with E-state index in [2.05, 4.69) is 21.3 Å². The summed E-state index contributed by atoms with van der Waals surface area (Å²) in [7, 11) is 1.42. The molecular formula is C21H23FN4O2. The molecule has 3 rings (SSSR count). The third-order valence-electron chi connectivity index (χ3n) is 5.10. The summed E-state index contributed by atoms with van der Waals surface area (Å²) in [5.74, 6) is 0.464. The SMILES string of the molecule is COc1ccc([C@H](C)NC(=O)C2CCN(c3ccc(C#N)cn3)CC2)cc1F. The topological polar surface area (TPSA) is 78.2 Å². The van der Waals surface area contributed by atoms with Crippen LogP contribution in [-0.4, -0.2) is 31.1 Å². The van der Waals surface area contributed by atoms with Crippen LogP contribution in [0.3, 0.4) is 0 Å². The third-order valence-corrected chi connectivity index (χ3v) is 5.10. The molecule has 0 saturated carbocycles. The second kappa shape index (κ2) is 8.70. The van der Waals surface area contributed by atoms with Gasteiger partial charge in [-0.25, -0.2) is 9.37 Å². The van der Waals surface area contributed by atoms with Gasteiger partial charge in [-0.15, -0.1) is 0 Å². The van der Waals surface area contributed by atoms with E-state index in [1.54, 1.807) is 24.4 Å². The van der Waals surface area contributed by atoms with Crippen LogP contribution in [0.1, 0.15) is 36.9 Å². The van der Waals surface area contributed by atoms with Crippen molar-refractivity contribution in [3.05, 3.63) is 53.5 Å². The van der Waals surface area contributed by atoms with Gasteiger partial charge in [0.2, 0.25) is 5.91 Å². The van der Waals surface area contributed by atoms with Gasteiger partial charge in [0.05, 0.1) is 18.7 Å². The summed E-state index contributed by atoms with van der Waals surface area (Å²) >= 11 is 0. The van der Waals surface area contributed by atoms with Gasteiger partial charge in [-0.1, -0.05) is 6.07 Å². The van der Waals surface area contributed by atoms with E-state index >= 15 is 0 Å². The highest BCUT2D eigenvalue weighted by Gasteiger charge is 2.26. The van der Waals surface area contributed by atoms with E-state index in [4.69, 9.17) is 10.00 Å². The molecule has 1 aromatic heterocycles. The summed E-state index contributed by atoms with van der Waals surface area (Å²) in [6.45, 7) is 3.29. The Labute approximate surface area is 163 Å². The van der Waals surface area contributed by atoms with Crippen molar-refractivity contribution < 1.29 is 13.9 Å². The summed E-state index contributed by atoms with van der Waals surface area (Å²) in [5.41, 5.74) is 1.23. The molecule has 1 amide bonds. The first-order chi connectivity index (χ1) is 13.5. The van der Waals surface area contributed by atoms with Crippen LogP contribution in [0, 0.1) is 23.1 Å². The zero-order valence-electron chi connectivity index (χ0n) is 16.0. The number of hydrogen-bond donors (Lipinski definition) is 1. The van der Waals surface area contributed by atoms with Gasteiger partial charge in [0, 0.05) is 25.2 Å². The van der Waals surface area contributed by atoms with Crippen LogP contribution in [0.25, 0.3) is 0 Å². The number of halogens is 1. The smallest absolute Gasteiger partial charge is 0.223 e. The van der Waals surface area contributed by atoms with E-state index in [9.17, 15) is 9.18 Å². The number of amides is 1. The maximum atomic E-state index is 13.9. The first-order valence-electron chi connectivity index (χ1n) is 9.26. The van der Waals surface area contributed by atoms with Gasteiger partial charge >= 0.3 is 0 Å². The van der Waals surface area contributed by atoms with Gasteiger partial charge in [-0.2, -0.15) is 5.26 Å². The first-order valence-corrected chi connectivity index (χ1v) is 9.26. The van der Waals surface area contributed by atoms with Crippen molar-refractivity contribution in [1.82, 2.24) is 10.3 Å². The van der Waals surface area contributed by atoms with Crippen molar-refractivity contribution in [3.63, 3.8) is 0 Å². The lowest BCUT2D eigenvalue weighted by molar-refractivity contribution is -0.126. The first kappa shape index (κ1) is 19.6. The Morgan fingerprint density at radius 1 is 1.36 bits per heavy atom. The van der Waals surface area contributed by atoms with Gasteiger partial charge in [0.15, 0.2) is 11.6 Å². The van der Waals surface area contributed by atoms with E-state index in [1.165, 1.54) is 13.2 Å². The summed E-state index contributed by atoms with van der Waals surface area (Å²) in [6, 6.07) is 10.1. The fraction of sp³-hybridized carbons (Fsp3) is 0.381. The Morgan fingerprint density at radius 3 is 2.68 bits per heavy atom. The molecule has 1 aromatic carbocycles.